The predicted octanol–water partition coefficient (Wildman–Crippen LogP) is 2.82. The Kier molecular flexibility index (Phi) is 3.38. The zero-order valence-corrected chi connectivity index (χ0v) is 11.4. The second-order valence-corrected chi connectivity index (χ2v) is 4.89. The van der Waals surface area contributed by atoms with E-state index >= 15 is 0 Å². The lowest BCUT2D eigenvalue weighted by atomic mass is 10.2. The van der Waals surface area contributed by atoms with Crippen molar-refractivity contribution >= 4 is 17.2 Å². The fourth-order valence-electron chi connectivity index (χ4n) is 1.73. The number of hydrogen-bond donors (Lipinski definition) is 1. The monoisotopic (exact) mass is 248 g/mol. The number of hydrogen-bond acceptors (Lipinski definition) is 5. The van der Waals surface area contributed by atoms with Gasteiger partial charge >= 0.3 is 0 Å². The lowest BCUT2D eigenvalue weighted by molar-refractivity contribution is 0.972. The summed E-state index contributed by atoms with van der Waals surface area (Å²) in [5.74, 6) is 1.60. The Balaban J connectivity index is 2.55. The van der Waals surface area contributed by atoms with Gasteiger partial charge in [0.1, 0.15) is 11.5 Å². The van der Waals surface area contributed by atoms with E-state index in [2.05, 4.69) is 27.2 Å². The van der Waals surface area contributed by atoms with Gasteiger partial charge in [-0.05, 0) is 20.3 Å². The van der Waals surface area contributed by atoms with Gasteiger partial charge in [-0.15, -0.1) is 11.3 Å². The Bertz CT molecular complexity index is 508. The van der Waals surface area contributed by atoms with Crippen LogP contribution in [0.3, 0.4) is 0 Å². The summed E-state index contributed by atoms with van der Waals surface area (Å²) in [6.45, 7) is 6.13. The highest BCUT2D eigenvalue weighted by Gasteiger charge is 2.11. The van der Waals surface area contributed by atoms with Crippen LogP contribution in [-0.4, -0.2) is 22.0 Å². The number of aromatic nitrogens is 3. The van der Waals surface area contributed by atoms with Crippen molar-refractivity contribution in [2.24, 2.45) is 0 Å². The summed E-state index contributed by atoms with van der Waals surface area (Å²) < 4.78 is 0. The molecule has 0 atom stereocenters. The summed E-state index contributed by atoms with van der Waals surface area (Å²) in [7, 11) is 1.88. The normalized spacial score (nSPS) is 10.6. The van der Waals surface area contributed by atoms with E-state index in [0.29, 0.717) is 5.82 Å². The first kappa shape index (κ1) is 12.0. The zero-order valence-electron chi connectivity index (χ0n) is 10.5. The van der Waals surface area contributed by atoms with Gasteiger partial charge in [-0.1, -0.05) is 6.92 Å². The first-order valence-corrected chi connectivity index (χ1v) is 6.51. The average molecular weight is 248 g/mol. The quantitative estimate of drug-likeness (QED) is 0.907. The van der Waals surface area contributed by atoms with Crippen LogP contribution in [0.25, 0.3) is 11.5 Å². The number of nitrogens with one attached hydrogen (secondary N) is 1. The molecule has 1 N–H and O–H groups in total. The summed E-state index contributed by atoms with van der Waals surface area (Å²) >= 11 is 1.62. The molecule has 0 aromatic carbocycles. The molecule has 4 nitrogen and oxygen atoms in total. The highest BCUT2D eigenvalue weighted by molar-refractivity contribution is 7.09. The largest absolute Gasteiger partial charge is 0.373 e. The van der Waals surface area contributed by atoms with Crippen molar-refractivity contribution in [2.45, 2.75) is 27.2 Å². The third kappa shape index (κ3) is 2.29. The molecule has 0 fully saturated rings. The number of rotatable bonds is 3. The summed E-state index contributed by atoms with van der Waals surface area (Å²) in [5.41, 5.74) is 3.05. The highest BCUT2D eigenvalue weighted by Crippen LogP contribution is 2.23. The third-order valence-corrected chi connectivity index (χ3v) is 3.44. The molecule has 2 aromatic rings. The first-order valence-electron chi connectivity index (χ1n) is 5.63. The Morgan fingerprint density at radius 3 is 2.53 bits per heavy atom. The van der Waals surface area contributed by atoms with E-state index in [1.54, 1.807) is 11.3 Å². The van der Waals surface area contributed by atoms with Crippen LogP contribution in [0.2, 0.25) is 0 Å². The minimum absolute atomic E-state index is 0.709. The van der Waals surface area contributed by atoms with E-state index in [0.717, 1.165) is 34.2 Å². The van der Waals surface area contributed by atoms with Crippen LogP contribution in [-0.2, 0) is 6.42 Å². The maximum absolute atomic E-state index is 4.58. The number of aryl methyl sites for hydroxylation is 2. The van der Waals surface area contributed by atoms with Crippen LogP contribution in [0.15, 0.2) is 5.38 Å². The van der Waals surface area contributed by atoms with Crippen LogP contribution < -0.4 is 5.32 Å². The molecule has 0 spiro atoms. The van der Waals surface area contributed by atoms with E-state index in [1.807, 2.05) is 26.3 Å². The van der Waals surface area contributed by atoms with Gasteiger partial charge in [0, 0.05) is 23.7 Å². The Morgan fingerprint density at radius 2 is 2.00 bits per heavy atom. The van der Waals surface area contributed by atoms with Crippen LogP contribution >= 0.6 is 11.3 Å². The molecule has 0 saturated heterocycles. The van der Waals surface area contributed by atoms with Crippen molar-refractivity contribution in [1.29, 1.82) is 0 Å². The summed E-state index contributed by atoms with van der Waals surface area (Å²) in [5, 5.41) is 6.15. The van der Waals surface area contributed by atoms with Gasteiger partial charge in [-0.2, -0.15) is 0 Å². The maximum Gasteiger partial charge on any atom is 0.181 e. The Morgan fingerprint density at radius 1 is 1.24 bits per heavy atom. The Labute approximate surface area is 105 Å². The molecular weight excluding hydrogens is 232 g/mol. The molecule has 2 rings (SSSR count). The van der Waals surface area contributed by atoms with Crippen molar-refractivity contribution in [2.75, 3.05) is 12.4 Å². The minimum Gasteiger partial charge on any atom is -0.373 e. The first-order chi connectivity index (χ1) is 8.15. The fraction of sp³-hybridized carbons (Fsp3) is 0.417. The van der Waals surface area contributed by atoms with Crippen LogP contribution in [0.1, 0.15) is 23.2 Å². The van der Waals surface area contributed by atoms with Crippen LogP contribution in [0, 0.1) is 13.8 Å². The zero-order chi connectivity index (χ0) is 12.4. The van der Waals surface area contributed by atoms with Crippen molar-refractivity contribution < 1.29 is 0 Å². The molecule has 90 valence electrons. The van der Waals surface area contributed by atoms with Crippen molar-refractivity contribution in [1.82, 2.24) is 15.0 Å². The molecule has 17 heavy (non-hydrogen) atoms. The van der Waals surface area contributed by atoms with Crippen LogP contribution in [0.4, 0.5) is 5.82 Å². The number of anilines is 1. The van der Waals surface area contributed by atoms with Crippen LogP contribution in [0.5, 0.6) is 0 Å². The molecule has 2 heterocycles. The minimum atomic E-state index is 0.709. The summed E-state index contributed by atoms with van der Waals surface area (Å²) in [6, 6.07) is 0. The SMILES string of the molecule is CCc1nc(-c2csc(C)n2)nc(NC)c1C. The molecule has 2 aromatic heterocycles. The smallest absolute Gasteiger partial charge is 0.181 e. The van der Waals surface area contributed by atoms with E-state index in [-0.39, 0.29) is 0 Å². The molecule has 5 heteroatoms. The predicted molar refractivity (Wildman–Crippen MR) is 71.5 cm³/mol. The Hall–Kier alpha value is -1.49. The third-order valence-electron chi connectivity index (χ3n) is 2.67. The number of thiazole rings is 1. The highest BCUT2D eigenvalue weighted by atomic mass is 32.1. The van der Waals surface area contributed by atoms with Crippen molar-refractivity contribution in [3.8, 4) is 11.5 Å². The van der Waals surface area contributed by atoms with Gasteiger partial charge in [0.2, 0.25) is 0 Å². The molecule has 0 aliphatic heterocycles. The van der Waals surface area contributed by atoms with Gasteiger partial charge < -0.3 is 5.32 Å². The van der Waals surface area contributed by atoms with Gasteiger partial charge in [-0.25, -0.2) is 15.0 Å². The van der Waals surface area contributed by atoms with Gasteiger partial charge in [0.05, 0.1) is 5.01 Å². The molecule has 0 bridgehead atoms. The molecule has 0 amide bonds. The molecule has 0 unspecified atom stereocenters. The van der Waals surface area contributed by atoms with Gasteiger partial charge in [0.15, 0.2) is 5.82 Å². The molecule has 0 aliphatic carbocycles. The van der Waals surface area contributed by atoms with Gasteiger partial charge in [-0.3, -0.25) is 0 Å². The topological polar surface area (TPSA) is 50.7 Å². The molecular formula is C12H16N4S. The second-order valence-electron chi connectivity index (χ2n) is 3.82. The van der Waals surface area contributed by atoms with E-state index < -0.39 is 0 Å². The van der Waals surface area contributed by atoms with E-state index in [4.69, 9.17) is 0 Å². The van der Waals surface area contributed by atoms with Crippen molar-refractivity contribution in [3.05, 3.63) is 21.6 Å². The number of nitrogens with zero attached hydrogens (tertiary/aromatic N) is 3. The van der Waals surface area contributed by atoms with Crippen molar-refractivity contribution in [3.63, 3.8) is 0 Å². The van der Waals surface area contributed by atoms with Gasteiger partial charge in [0.25, 0.3) is 0 Å². The lowest BCUT2D eigenvalue weighted by Gasteiger charge is -2.09. The fourth-order valence-corrected chi connectivity index (χ4v) is 2.32. The molecule has 0 radical (unpaired) electrons. The van der Waals surface area contributed by atoms with E-state index in [9.17, 15) is 0 Å². The molecule has 0 saturated carbocycles. The molecule has 0 aliphatic rings. The van der Waals surface area contributed by atoms with E-state index in [1.165, 1.54) is 0 Å². The average Bonchev–Trinajstić information content (AvgIpc) is 2.76. The lowest BCUT2D eigenvalue weighted by Crippen LogP contribution is -2.04. The summed E-state index contributed by atoms with van der Waals surface area (Å²) in [6.07, 6.45) is 0.902. The second kappa shape index (κ2) is 4.79. The standard InChI is InChI=1S/C12H16N4S/c1-5-9-7(2)11(13-4)16-12(15-9)10-6-17-8(3)14-10/h6H,5H2,1-4H3,(H,13,15,16). The maximum atomic E-state index is 4.58. The summed E-state index contributed by atoms with van der Waals surface area (Å²) in [4.78, 5) is 13.5.